The van der Waals surface area contributed by atoms with Crippen molar-refractivity contribution in [3.05, 3.63) is 246 Å². The van der Waals surface area contributed by atoms with Crippen LogP contribution in [-0.2, 0) is 39.3 Å². The van der Waals surface area contributed by atoms with Gasteiger partial charge in [0.2, 0.25) is 0 Å². The lowest BCUT2D eigenvalue weighted by Crippen LogP contribution is -2.43. The van der Waals surface area contributed by atoms with Gasteiger partial charge in [0.05, 0.1) is 47.5 Å². The zero-order chi connectivity index (χ0) is 50.2. The molecule has 0 radical (unpaired) electrons. The lowest BCUT2D eigenvalue weighted by molar-refractivity contribution is 0.117. The Kier molecular flexibility index (Phi) is 13.0. The molecule has 6 aromatic carbocycles. The summed E-state index contributed by atoms with van der Waals surface area (Å²) in [6.07, 6.45) is 18.2. The molecule has 0 aliphatic heterocycles. The second-order valence-electron chi connectivity index (χ2n) is 17.3. The van der Waals surface area contributed by atoms with Crippen LogP contribution in [0.3, 0.4) is 0 Å². The topological polar surface area (TPSA) is 112 Å². The van der Waals surface area contributed by atoms with Crippen LogP contribution in [0.1, 0.15) is 44.8 Å². The number of imidazole rings is 2. The minimum atomic E-state index is -1.52. The average molecular weight is 973 g/mol. The van der Waals surface area contributed by atoms with Crippen LogP contribution in [-0.4, -0.2) is 40.4 Å². The molecule has 10 aromatic rings. The maximum Gasteiger partial charge on any atom is 0.251 e. The van der Waals surface area contributed by atoms with Crippen LogP contribution < -0.4 is 16.4 Å². The maximum atomic E-state index is 12.9. The second kappa shape index (κ2) is 19.3. The third-order valence-electron chi connectivity index (χ3n) is 13.3. The van der Waals surface area contributed by atoms with E-state index in [2.05, 4.69) is 39.3 Å². The second-order valence-corrected chi connectivity index (χ2v) is 18.2. The Labute approximate surface area is 421 Å². The van der Waals surface area contributed by atoms with Crippen LogP contribution >= 0.6 is 23.2 Å². The third-order valence-corrected chi connectivity index (χ3v) is 13.8. The summed E-state index contributed by atoms with van der Waals surface area (Å²) in [5, 5.41) is 18.9. The molecule has 12 heteroatoms. The largest absolute Gasteiger partial charge is 0.374 e. The molecule has 0 fully saturated rings. The number of fused-ring (bicyclic) bond motifs is 2. The third kappa shape index (κ3) is 8.54. The normalized spacial score (nSPS) is 12.9. The van der Waals surface area contributed by atoms with E-state index in [0.717, 1.165) is 72.0 Å². The molecular formula is C59H47Cl2N7O3. The molecule has 2 N–H and O–H groups in total. The first-order valence-corrected chi connectivity index (χ1v) is 23.3. The van der Waals surface area contributed by atoms with Gasteiger partial charge in [-0.15, -0.1) is 12.8 Å². The van der Waals surface area contributed by atoms with Crippen LogP contribution in [0.15, 0.2) is 180 Å². The Morgan fingerprint density at radius 3 is 1.44 bits per heavy atom. The van der Waals surface area contributed by atoms with E-state index in [1.807, 2.05) is 129 Å². The number of aromatic nitrogens is 6. The van der Waals surface area contributed by atoms with Crippen molar-refractivity contribution >= 4 is 45.0 Å². The highest BCUT2D eigenvalue weighted by molar-refractivity contribution is 6.30. The van der Waals surface area contributed by atoms with Crippen molar-refractivity contribution in [3.8, 4) is 46.9 Å². The van der Waals surface area contributed by atoms with Gasteiger partial charge in [-0.2, -0.15) is 0 Å². The van der Waals surface area contributed by atoms with Crippen LogP contribution in [0.4, 0.5) is 0 Å². The SMILES string of the molecule is C#Cc1cccc(-c2cc(=O)n(C)c3ccc(C(NC)(c4ccc(Cl)cc4)c4cncn4C)cc23)c1.C#Cc1cccc(-c2cc(=O)n(C)c3ccc(C(O)(c4ccc(Cl)cc4)c4cncn4C)cc23)c1. The first-order chi connectivity index (χ1) is 34.2. The minimum Gasteiger partial charge on any atom is -0.374 e. The molecule has 2 atom stereocenters. The first kappa shape index (κ1) is 47.8. The van der Waals surface area contributed by atoms with E-state index in [-0.39, 0.29) is 11.1 Å². The lowest BCUT2D eigenvalue weighted by Gasteiger charge is -2.35. The number of aryl methyl sites for hydroxylation is 4. The monoisotopic (exact) mass is 971 g/mol. The maximum absolute atomic E-state index is 12.9. The number of benzene rings is 6. The van der Waals surface area contributed by atoms with Crippen molar-refractivity contribution in [3.63, 3.8) is 0 Å². The molecule has 0 saturated heterocycles. The molecule has 4 aromatic heterocycles. The number of pyridine rings is 2. The van der Waals surface area contributed by atoms with Crippen molar-refractivity contribution in [2.45, 2.75) is 11.1 Å². The number of terminal acetylenes is 2. The number of aliphatic hydroxyl groups is 1. The summed E-state index contributed by atoms with van der Waals surface area (Å²) >= 11 is 12.4. The molecule has 0 saturated carbocycles. The fourth-order valence-corrected chi connectivity index (χ4v) is 9.82. The molecule has 350 valence electrons. The zero-order valence-corrected chi connectivity index (χ0v) is 41.0. The van der Waals surface area contributed by atoms with Gasteiger partial charge in [0.25, 0.3) is 11.1 Å². The van der Waals surface area contributed by atoms with Crippen LogP contribution in [0.2, 0.25) is 10.0 Å². The molecule has 0 bridgehead atoms. The summed E-state index contributed by atoms with van der Waals surface area (Å²) in [5.41, 5.74) is 8.74. The Hall–Kier alpha value is -8.22. The fraction of sp³-hybridized carbons (Fsp3) is 0.119. The lowest BCUT2D eigenvalue weighted by atomic mass is 9.79. The van der Waals surface area contributed by atoms with E-state index in [4.69, 9.17) is 36.0 Å². The van der Waals surface area contributed by atoms with Gasteiger partial charge < -0.3 is 28.7 Å². The van der Waals surface area contributed by atoms with Crippen molar-refractivity contribution in [2.75, 3.05) is 7.05 Å². The summed E-state index contributed by atoms with van der Waals surface area (Å²) in [7, 11) is 9.27. The van der Waals surface area contributed by atoms with E-state index in [1.54, 1.807) is 83.0 Å². The molecule has 0 spiro atoms. The smallest absolute Gasteiger partial charge is 0.251 e. The Morgan fingerprint density at radius 2 is 0.986 bits per heavy atom. The van der Waals surface area contributed by atoms with Crippen LogP contribution in [0, 0.1) is 24.7 Å². The van der Waals surface area contributed by atoms with Gasteiger partial charge in [-0.1, -0.05) is 95.7 Å². The predicted molar refractivity (Wildman–Crippen MR) is 285 cm³/mol. The molecule has 10 nitrogen and oxygen atoms in total. The van der Waals surface area contributed by atoms with Crippen LogP contribution in [0.25, 0.3) is 44.1 Å². The Balaban J connectivity index is 0.000000176. The number of hydrogen-bond donors (Lipinski definition) is 2. The van der Waals surface area contributed by atoms with Crippen molar-refractivity contribution in [2.24, 2.45) is 28.2 Å². The van der Waals surface area contributed by atoms with Crippen molar-refractivity contribution < 1.29 is 5.11 Å². The molecule has 10 rings (SSSR count). The molecular weight excluding hydrogens is 926 g/mol. The molecule has 0 aliphatic rings. The molecule has 0 amide bonds. The molecule has 0 aliphatic carbocycles. The Morgan fingerprint density at radius 1 is 0.549 bits per heavy atom. The summed E-state index contributed by atoms with van der Waals surface area (Å²) < 4.78 is 7.06. The molecule has 4 heterocycles. The minimum absolute atomic E-state index is 0.0828. The average Bonchev–Trinajstić information content (AvgIpc) is 4.04. The van der Waals surface area contributed by atoms with Gasteiger partial charge in [0, 0.05) is 72.3 Å². The number of halogens is 2. The van der Waals surface area contributed by atoms with Crippen molar-refractivity contribution in [1.82, 2.24) is 33.6 Å². The summed E-state index contributed by atoms with van der Waals surface area (Å²) in [6, 6.07) is 45.3. The van der Waals surface area contributed by atoms with Gasteiger partial charge >= 0.3 is 0 Å². The quantitative estimate of drug-likeness (QED) is 0.139. The zero-order valence-electron chi connectivity index (χ0n) is 39.5. The van der Waals surface area contributed by atoms with E-state index in [0.29, 0.717) is 26.9 Å². The van der Waals surface area contributed by atoms with Gasteiger partial charge in [0.15, 0.2) is 5.60 Å². The number of hydrogen-bond acceptors (Lipinski definition) is 6. The highest BCUT2D eigenvalue weighted by Crippen LogP contribution is 2.41. The van der Waals surface area contributed by atoms with Gasteiger partial charge in [0.1, 0.15) is 5.54 Å². The summed E-state index contributed by atoms with van der Waals surface area (Å²) in [4.78, 5) is 34.3. The van der Waals surface area contributed by atoms with E-state index in [1.165, 1.54) is 0 Å². The number of nitrogens with one attached hydrogen (secondary N) is 1. The van der Waals surface area contributed by atoms with Crippen molar-refractivity contribution in [1.29, 1.82) is 0 Å². The fourth-order valence-electron chi connectivity index (χ4n) is 9.57. The predicted octanol–water partition coefficient (Wildman–Crippen LogP) is 9.94. The Bertz CT molecular complexity index is 3870. The van der Waals surface area contributed by atoms with Crippen LogP contribution in [0.5, 0.6) is 0 Å². The van der Waals surface area contributed by atoms with E-state index in [9.17, 15) is 14.7 Å². The number of nitrogens with zero attached hydrogens (tertiary/aromatic N) is 6. The van der Waals surface area contributed by atoms with E-state index >= 15 is 0 Å². The van der Waals surface area contributed by atoms with Gasteiger partial charge in [-0.3, -0.25) is 9.59 Å². The molecule has 2 unspecified atom stereocenters. The molecule has 71 heavy (non-hydrogen) atoms. The summed E-state index contributed by atoms with van der Waals surface area (Å²) in [5.74, 6) is 5.35. The van der Waals surface area contributed by atoms with Gasteiger partial charge in [-0.25, -0.2) is 9.97 Å². The first-order valence-electron chi connectivity index (χ1n) is 22.5. The standard InChI is InChI=1S/C30H25ClN4O.C29H22ClN3O2/c1-5-20-7-6-8-21(15-20)25-17-29(36)35(4)27-14-11-23(16-26(25)27)30(32-2,28-18-33-19-34(28)3)22-9-12-24(31)13-10-22;1-4-19-6-5-7-20(14-19)24-16-28(34)33(3)26-13-10-22(15-25(24)26)29(35,27-17-31-18-32(27)2)21-8-11-23(30)12-9-21/h1,6-19,32H,2-4H3;1,5-18,35H,2-3H3. The van der Waals surface area contributed by atoms with E-state index < -0.39 is 11.1 Å². The summed E-state index contributed by atoms with van der Waals surface area (Å²) in [6.45, 7) is 0. The number of rotatable bonds is 9. The highest BCUT2D eigenvalue weighted by Gasteiger charge is 2.39. The highest BCUT2D eigenvalue weighted by atomic mass is 35.5. The van der Waals surface area contributed by atoms with Gasteiger partial charge in [-0.05, 0) is 124 Å².